The van der Waals surface area contributed by atoms with Gasteiger partial charge in [0, 0.05) is 11.1 Å². The summed E-state index contributed by atoms with van der Waals surface area (Å²) in [6, 6.07) is 35.1. The third-order valence-corrected chi connectivity index (χ3v) is 6.62. The van der Waals surface area contributed by atoms with Crippen molar-refractivity contribution in [1.29, 1.82) is 0 Å². The molecule has 38 heavy (non-hydrogen) atoms. The number of rotatable bonds is 4. The van der Waals surface area contributed by atoms with E-state index < -0.39 is 11.3 Å². The lowest BCUT2D eigenvalue weighted by Gasteiger charge is -2.10. The van der Waals surface area contributed by atoms with E-state index in [-0.39, 0.29) is 17.0 Å². The summed E-state index contributed by atoms with van der Waals surface area (Å²) in [5, 5.41) is 0. The number of hydrogen-bond donors (Lipinski definition) is 0. The predicted octanol–water partition coefficient (Wildman–Crippen LogP) is 6.55. The number of carbonyl (C=O) groups excluding carboxylic acids is 1. The second-order valence-electron chi connectivity index (χ2n) is 8.94. The van der Waals surface area contributed by atoms with Crippen molar-refractivity contribution in [2.24, 2.45) is 0 Å². The molecule has 0 amide bonds. The minimum atomic E-state index is -0.504. The molecule has 180 valence electrons. The van der Waals surface area contributed by atoms with Crippen molar-refractivity contribution in [3.05, 3.63) is 137 Å². The Balaban J connectivity index is 1.68. The second-order valence-corrected chi connectivity index (χ2v) is 8.94. The number of fused-ring (bicyclic) bond motifs is 4. The van der Waals surface area contributed by atoms with Crippen LogP contribution in [-0.4, -0.2) is 20.2 Å². The van der Waals surface area contributed by atoms with Gasteiger partial charge in [-0.1, -0.05) is 103 Å². The summed E-state index contributed by atoms with van der Waals surface area (Å²) in [6.45, 7) is 0. The third-order valence-electron chi connectivity index (χ3n) is 6.62. The van der Waals surface area contributed by atoms with Crippen LogP contribution in [0.5, 0.6) is 0 Å². The van der Waals surface area contributed by atoms with Crippen LogP contribution in [0.25, 0.3) is 50.4 Å². The van der Waals surface area contributed by atoms with Crippen molar-refractivity contribution in [3.8, 4) is 22.5 Å². The number of para-hydroxylation sites is 2. The van der Waals surface area contributed by atoms with Crippen LogP contribution in [-0.2, 0) is 0 Å². The zero-order valence-electron chi connectivity index (χ0n) is 20.0. The molecular formula is C32H19N3O3. The highest BCUT2D eigenvalue weighted by atomic mass is 16.3. The summed E-state index contributed by atoms with van der Waals surface area (Å²) < 4.78 is 7.95. The van der Waals surface area contributed by atoms with E-state index in [0.717, 1.165) is 5.56 Å². The van der Waals surface area contributed by atoms with Gasteiger partial charge in [0.15, 0.2) is 11.4 Å². The highest BCUT2D eigenvalue weighted by Gasteiger charge is 2.28. The van der Waals surface area contributed by atoms with Crippen molar-refractivity contribution in [2.45, 2.75) is 0 Å². The Bertz CT molecular complexity index is 2050. The van der Waals surface area contributed by atoms with Gasteiger partial charge in [0.25, 0.3) is 5.56 Å². The first kappa shape index (κ1) is 21.9. The molecule has 0 atom stereocenters. The topological polar surface area (TPSA) is 77.5 Å². The van der Waals surface area contributed by atoms with Gasteiger partial charge in [0.2, 0.25) is 11.5 Å². The number of aromatic nitrogens is 3. The van der Waals surface area contributed by atoms with E-state index in [4.69, 9.17) is 14.4 Å². The summed E-state index contributed by atoms with van der Waals surface area (Å²) >= 11 is 0. The van der Waals surface area contributed by atoms with Gasteiger partial charge in [-0.25, -0.2) is 14.4 Å². The molecule has 0 aliphatic heterocycles. The van der Waals surface area contributed by atoms with E-state index in [9.17, 15) is 9.59 Å². The lowest BCUT2D eigenvalue weighted by atomic mass is 10.00. The molecule has 4 aromatic carbocycles. The fraction of sp³-hybridized carbons (Fsp3) is 0. The van der Waals surface area contributed by atoms with E-state index in [1.807, 2.05) is 91.0 Å². The minimum Gasteiger partial charge on any atom is -0.438 e. The second kappa shape index (κ2) is 8.64. The fourth-order valence-corrected chi connectivity index (χ4v) is 4.86. The van der Waals surface area contributed by atoms with E-state index in [1.54, 1.807) is 24.3 Å². The summed E-state index contributed by atoms with van der Waals surface area (Å²) in [5.41, 5.74) is 4.43. The molecular weight excluding hydrogens is 474 g/mol. The maximum absolute atomic E-state index is 14.3. The molecule has 0 spiro atoms. The van der Waals surface area contributed by atoms with E-state index in [2.05, 4.69) is 0 Å². The quantitative estimate of drug-likeness (QED) is 0.260. The first-order chi connectivity index (χ1) is 18.7. The first-order valence-electron chi connectivity index (χ1n) is 12.2. The Morgan fingerprint density at radius 3 is 1.87 bits per heavy atom. The van der Waals surface area contributed by atoms with Gasteiger partial charge in [-0.15, -0.1) is 0 Å². The molecule has 0 aliphatic rings. The molecule has 0 radical (unpaired) electrons. The Morgan fingerprint density at radius 2 is 1.21 bits per heavy atom. The summed E-state index contributed by atoms with van der Waals surface area (Å²) in [7, 11) is 0. The number of carbonyl (C=O) groups is 1. The molecule has 0 unspecified atom stereocenters. The van der Waals surface area contributed by atoms with Crippen molar-refractivity contribution in [1.82, 2.24) is 14.4 Å². The van der Waals surface area contributed by atoms with Gasteiger partial charge >= 0.3 is 0 Å². The number of nitrogens with zero attached hydrogens (tertiary/aromatic N) is 3. The van der Waals surface area contributed by atoms with Crippen LogP contribution < -0.4 is 5.56 Å². The third kappa shape index (κ3) is 3.35. The van der Waals surface area contributed by atoms with Crippen molar-refractivity contribution >= 4 is 33.7 Å². The number of benzene rings is 4. The maximum Gasteiger partial charge on any atom is 0.274 e. The van der Waals surface area contributed by atoms with Crippen LogP contribution in [0.2, 0.25) is 0 Å². The van der Waals surface area contributed by atoms with Gasteiger partial charge in [-0.2, -0.15) is 0 Å². The lowest BCUT2D eigenvalue weighted by molar-refractivity contribution is 0.103. The molecule has 0 bridgehead atoms. The van der Waals surface area contributed by atoms with Crippen molar-refractivity contribution < 1.29 is 9.21 Å². The van der Waals surface area contributed by atoms with Crippen molar-refractivity contribution in [2.75, 3.05) is 0 Å². The fourth-order valence-electron chi connectivity index (χ4n) is 4.86. The molecule has 0 saturated heterocycles. The minimum absolute atomic E-state index is 0.0543. The lowest BCUT2D eigenvalue weighted by Crippen LogP contribution is -2.23. The average Bonchev–Trinajstić information content (AvgIpc) is 3.30. The molecule has 0 fully saturated rings. The van der Waals surface area contributed by atoms with Crippen LogP contribution >= 0.6 is 0 Å². The molecule has 3 aromatic heterocycles. The monoisotopic (exact) mass is 493 g/mol. The largest absolute Gasteiger partial charge is 0.438 e. The van der Waals surface area contributed by atoms with E-state index in [0.29, 0.717) is 38.9 Å². The SMILES string of the molecule is O=C(c1ccccc1)c1c(-c2ccccc2)oc2c(-c3ccccc3)c3nc4ccccc4nc3n2c1=O. The zero-order chi connectivity index (χ0) is 25.6. The van der Waals surface area contributed by atoms with Gasteiger partial charge in [0.1, 0.15) is 11.1 Å². The first-order valence-corrected chi connectivity index (χ1v) is 12.2. The van der Waals surface area contributed by atoms with Gasteiger partial charge < -0.3 is 4.42 Å². The summed E-state index contributed by atoms with van der Waals surface area (Å²) in [4.78, 5) is 37.9. The van der Waals surface area contributed by atoms with Gasteiger partial charge in [-0.3, -0.25) is 9.59 Å². The smallest absolute Gasteiger partial charge is 0.274 e. The Morgan fingerprint density at radius 1 is 0.658 bits per heavy atom. The predicted molar refractivity (Wildman–Crippen MR) is 147 cm³/mol. The van der Waals surface area contributed by atoms with Gasteiger partial charge in [0.05, 0.1) is 16.6 Å². The van der Waals surface area contributed by atoms with Gasteiger partial charge in [-0.05, 0) is 17.7 Å². The molecule has 7 rings (SSSR count). The molecule has 6 heteroatoms. The highest BCUT2D eigenvalue weighted by Crippen LogP contribution is 2.36. The number of hydrogen-bond acceptors (Lipinski definition) is 5. The van der Waals surface area contributed by atoms with Crippen LogP contribution in [0.15, 0.2) is 124 Å². The molecule has 6 nitrogen and oxygen atoms in total. The molecule has 0 N–H and O–H groups in total. The van der Waals surface area contributed by atoms with Crippen LogP contribution in [0.3, 0.4) is 0 Å². The maximum atomic E-state index is 14.3. The van der Waals surface area contributed by atoms with Crippen LogP contribution in [0, 0.1) is 0 Å². The van der Waals surface area contributed by atoms with Crippen LogP contribution in [0.4, 0.5) is 0 Å². The van der Waals surface area contributed by atoms with E-state index >= 15 is 0 Å². The summed E-state index contributed by atoms with van der Waals surface area (Å²) in [6.07, 6.45) is 0. The molecule has 0 aliphatic carbocycles. The van der Waals surface area contributed by atoms with Crippen LogP contribution in [0.1, 0.15) is 15.9 Å². The molecule has 3 heterocycles. The number of ketones is 1. The Labute approximate surface area is 216 Å². The average molecular weight is 494 g/mol. The standard InChI is InChI=1S/C32H19N3O3/c36-28(21-14-6-2-7-15-21)26-29(22-16-8-3-9-17-22)38-32-25(20-12-4-1-5-13-20)27-30(35(32)31(26)37)34-24-19-11-10-18-23(24)33-27/h1-19H. The molecule has 0 saturated carbocycles. The highest BCUT2D eigenvalue weighted by molar-refractivity contribution is 6.12. The Kier molecular flexibility index (Phi) is 4.97. The van der Waals surface area contributed by atoms with Crippen molar-refractivity contribution in [3.63, 3.8) is 0 Å². The summed E-state index contributed by atoms with van der Waals surface area (Å²) in [5.74, 6) is -0.210. The normalized spacial score (nSPS) is 11.4. The molecule has 7 aromatic rings. The van der Waals surface area contributed by atoms with E-state index in [1.165, 1.54) is 4.40 Å². The zero-order valence-corrected chi connectivity index (χ0v) is 20.0. The Hall–Kier alpha value is -5.36.